The van der Waals surface area contributed by atoms with Crippen molar-refractivity contribution in [3.05, 3.63) is 41.2 Å². The highest BCUT2D eigenvalue weighted by atomic mass is 32.1. The van der Waals surface area contributed by atoms with Gasteiger partial charge < -0.3 is 9.47 Å². The van der Waals surface area contributed by atoms with Gasteiger partial charge >= 0.3 is 0 Å². The van der Waals surface area contributed by atoms with E-state index in [-0.39, 0.29) is 0 Å². The van der Waals surface area contributed by atoms with Gasteiger partial charge in [0.2, 0.25) is 0 Å². The molecule has 0 atom stereocenters. The van der Waals surface area contributed by atoms with Crippen molar-refractivity contribution >= 4 is 22.1 Å². The van der Waals surface area contributed by atoms with Crippen molar-refractivity contribution in [1.82, 2.24) is 4.98 Å². The van der Waals surface area contributed by atoms with Crippen LogP contribution in [0.15, 0.2) is 41.2 Å². The Balaban J connectivity index is 2.32. The number of hydrogen-bond acceptors (Lipinski definition) is 4. The Labute approximate surface area is 128 Å². The van der Waals surface area contributed by atoms with Crippen LogP contribution in [0.25, 0.3) is 22.0 Å². The summed E-state index contributed by atoms with van der Waals surface area (Å²) in [5.74, 6) is 1.68. The third-order valence-corrected chi connectivity index (χ3v) is 3.85. The number of nitrogens with zero attached hydrogens (tertiary/aromatic N) is 1. The second-order valence-corrected chi connectivity index (χ2v) is 5.25. The SMILES string of the molecule is CCOc1cc(OCC)c2ccccc2c1-c1cscn1. The van der Waals surface area contributed by atoms with E-state index in [4.69, 9.17) is 9.47 Å². The fourth-order valence-corrected chi connectivity index (χ4v) is 3.01. The molecule has 0 saturated carbocycles. The van der Waals surface area contributed by atoms with Crippen LogP contribution in [0.3, 0.4) is 0 Å². The standard InChI is InChI=1S/C17H17NO2S/c1-3-19-15-9-16(20-4-2)17(14-10-21-11-18-14)13-8-6-5-7-12(13)15/h5-11H,3-4H2,1-2H3. The van der Waals surface area contributed by atoms with Crippen LogP contribution < -0.4 is 9.47 Å². The number of aromatic nitrogens is 1. The summed E-state index contributed by atoms with van der Waals surface area (Å²) < 4.78 is 11.6. The Morgan fingerprint density at radius 3 is 2.38 bits per heavy atom. The maximum absolute atomic E-state index is 5.84. The van der Waals surface area contributed by atoms with Crippen LogP contribution in [0, 0.1) is 0 Å². The van der Waals surface area contributed by atoms with E-state index in [0.29, 0.717) is 13.2 Å². The van der Waals surface area contributed by atoms with Gasteiger partial charge in [0.05, 0.1) is 30.0 Å². The average molecular weight is 299 g/mol. The zero-order chi connectivity index (χ0) is 14.7. The molecule has 4 heteroatoms. The Morgan fingerprint density at radius 1 is 1.00 bits per heavy atom. The molecule has 0 N–H and O–H groups in total. The molecule has 0 aliphatic carbocycles. The van der Waals surface area contributed by atoms with Crippen molar-refractivity contribution in [1.29, 1.82) is 0 Å². The van der Waals surface area contributed by atoms with Gasteiger partial charge in [0.15, 0.2) is 0 Å². The molecule has 0 amide bonds. The molecule has 2 aromatic carbocycles. The second-order valence-electron chi connectivity index (χ2n) is 4.53. The van der Waals surface area contributed by atoms with Crippen LogP contribution in [-0.2, 0) is 0 Å². The number of rotatable bonds is 5. The summed E-state index contributed by atoms with van der Waals surface area (Å²) in [6.45, 7) is 5.22. The number of fused-ring (bicyclic) bond motifs is 1. The highest BCUT2D eigenvalue weighted by Crippen LogP contribution is 2.41. The lowest BCUT2D eigenvalue weighted by molar-refractivity contribution is 0.327. The minimum atomic E-state index is 0.612. The molecular formula is C17H17NO2S. The van der Waals surface area contributed by atoms with E-state index >= 15 is 0 Å². The number of benzene rings is 2. The molecule has 3 nitrogen and oxygen atoms in total. The lowest BCUT2D eigenvalue weighted by Gasteiger charge is -2.15. The predicted octanol–water partition coefficient (Wildman–Crippen LogP) is 4.76. The number of hydrogen-bond donors (Lipinski definition) is 0. The van der Waals surface area contributed by atoms with Gasteiger partial charge in [-0.1, -0.05) is 24.3 Å². The molecule has 108 valence electrons. The summed E-state index contributed by atoms with van der Waals surface area (Å²) in [6.07, 6.45) is 0. The van der Waals surface area contributed by atoms with Crippen molar-refractivity contribution < 1.29 is 9.47 Å². The summed E-state index contributed by atoms with van der Waals surface area (Å²) in [5.41, 5.74) is 3.83. The predicted molar refractivity (Wildman–Crippen MR) is 87.4 cm³/mol. The summed E-state index contributed by atoms with van der Waals surface area (Å²) in [5, 5.41) is 4.24. The van der Waals surface area contributed by atoms with Gasteiger partial charge in [0.25, 0.3) is 0 Å². The Kier molecular flexibility index (Phi) is 4.06. The third kappa shape index (κ3) is 2.59. The van der Waals surface area contributed by atoms with Crippen molar-refractivity contribution in [2.24, 2.45) is 0 Å². The van der Waals surface area contributed by atoms with E-state index in [0.717, 1.165) is 33.5 Å². The molecule has 0 fully saturated rings. The van der Waals surface area contributed by atoms with Crippen molar-refractivity contribution in [2.75, 3.05) is 13.2 Å². The Bertz CT molecular complexity index is 738. The summed E-state index contributed by atoms with van der Waals surface area (Å²) in [6, 6.07) is 10.2. The van der Waals surface area contributed by atoms with Crippen molar-refractivity contribution in [3.8, 4) is 22.8 Å². The smallest absolute Gasteiger partial charge is 0.133 e. The van der Waals surface area contributed by atoms with Gasteiger partial charge in [-0.25, -0.2) is 4.98 Å². The normalized spacial score (nSPS) is 10.8. The molecule has 3 aromatic rings. The first-order valence-electron chi connectivity index (χ1n) is 7.05. The largest absolute Gasteiger partial charge is 0.493 e. The topological polar surface area (TPSA) is 31.4 Å². The fourth-order valence-electron chi connectivity index (χ4n) is 2.46. The van der Waals surface area contributed by atoms with Crippen LogP contribution in [0.1, 0.15) is 13.8 Å². The molecule has 0 unspecified atom stereocenters. The van der Waals surface area contributed by atoms with E-state index in [1.807, 2.05) is 42.9 Å². The molecule has 0 saturated heterocycles. The van der Waals surface area contributed by atoms with Gasteiger partial charge in [-0.15, -0.1) is 11.3 Å². The fraction of sp³-hybridized carbons (Fsp3) is 0.235. The quantitative estimate of drug-likeness (QED) is 0.680. The Morgan fingerprint density at radius 2 is 1.71 bits per heavy atom. The lowest BCUT2D eigenvalue weighted by Crippen LogP contribution is -1.99. The zero-order valence-corrected chi connectivity index (χ0v) is 12.9. The maximum atomic E-state index is 5.84. The van der Waals surface area contributed by atoms with Gasteiger partial charge in [-0.2, -0.15) is 0 Å². The number of thiazole rings is 1. The molecular weight excluding hydrogens is 282 g/mol. The van der Waals surface area contributed by atoms with Crippen molar-refractivity contribution in [2.45, 2.75) is 13.8 Å². The molecule has 0 aliphatic heterocycles. The summed E-state index contributed by atoms with van der Waals surface area (Å²) >= 11 is 1.59. The minimum Gasteiger partial charge on any atom is -0.493 e. The molecule has 1 heterocycles. The second kappa shape index (κ2) is 6.14. The van der Waals surface area contributed by atoms with Gasteiger partial charge in [-0.05, 0) is 19.2 Å². The van der Waals surface area contributed by atoms with E-state index in [2.05, 4.69) is 17.1 Å². The molecule has 0 spiro atoms. The molecule has 0 bridgehead atoms. The molecule has 0 aliphatic rings. The Hall–Kier alpha value is -2.07. The first-order chi connectivity index (χ1) is 10.3. The van der Waals surface area contributed by atoms with Crippen LogP contribution in [0.5, 0.6) is 11.5 Å². The number of ether oxygens (including phenoxy) is 2. The lowest BCUT2D eigenvalue weighted by atomic mass is 10.0. The van der Waals surface area contributed by atoms with Crippen LogP contribution in [-0.4, -0.2) is 18.2 Å². The molecule has 1 aromatic heterocycles. The van der Waals surface area contributed by atoms with E-state index in [1.165, 1.54) is 0 Å². The molecule has 21 heavy (non-hydrogen) atoms. The van der Waals surface area contributed by atoms with E-state index < -0.39 is 0 Å². The summed E-state index contributed by atoms with van der Waals surface area (Å²) in [4.78, 5) is 4.45. The maximum Gasteiger partial charge on any atom is 0.133 e. The minimum absolute atomic E-state index is 0.612. The van der Waals surface area contributed by atoms with Crippen molar-refractivity contribution in [3.63, 3.8) is 0 Å². The highest BCUT2D eigenvalue weighted by Gasteiger charge is 2.16. The first-order valence-corrected chi connectivity index (χ1v) is 7.99. The molecule has 3 rings (SSSR count). The third-order valence-electron chi connectivity index (χ3n) is 3.26. The average Bonchev–Trinajstić information content (AvgIpc) is 3.02. The van der Waals surface area contributed by atoms with Gasteiger partial charge in [0, 0.05) is 16.8 Å². The summed E-state index contributed by atoms with van der Waals surface area (Å²) in [7, 11) is 0. The van der Waals surface area contributed by atoms with Crippen LogP contribution >= 0.6 is 11.3 Å². The molecule has 0 radical (unpaired) electrons. The zero-order valence-electron chi connectivity index (χ0n) is 12.1. The van der Waals surface area contributed by atoms with Crippen LogP contribution in [0.4, 0.5) is 0 Å². The highest BCUT2D eigenvalue weighted by molar-refractivity contribution is 7.07. The van der Waals surface area contributed by atoms with E-state index in [1.54, 1.807) is 11.3 Å². The van der Waals surface area contributed by atoms with Crippen LogP contribution in [0.2, 0.25) is 0 Å². The van der Waals surface area contributed by atoms with Gasteiger partial charge in [0.1, 0.15) is 11.5 Å². The van der Waals surface area contributed by atoms with Gasteiger partial charge in [-0.3, -0.25) is 0 Å². The van der Waals surface area contributed by atoms with E-state index in [9.17, 15) is 0 Å². The first kappa shape index (κ1) is 13.9. The monoisotopic (exact) mass is 299 g/mol.